The van der Waals surface area contributed by atoms with Crippen molar-refractivity contribution in [3.05, 3.63) is 54.4 Å². The van der Waals surface area contributed by atoms with Crippen LogP contribution in [-0.4, -0.2) is 44.4 Å². The lowest BCUT2D eigenvalue weighted by Gasteiger charge is -2.14. The number of halogens is 3. The molecular weight excluding hydrogens is 444 g/mol. The van der Waals surface area contributed by atoms with E-state index in [1.54, 1.807) is 18.3 Å². The number of benzene rings is 1. The third-order valence-electron chi connectivity index (χ3n) is 4.53. The van der Waals surface area contributed by atoms with Crippen LogP contribution in [0.15, 0.2) is 48.8 Å². The summed E-state index contributed by atoms with van der Waals surface area (Å²) in [5.74, 6) is -0.0463. The van der Waals surface area contributed by atoms with Crippen LogP contribution in [0.4, 0.5) is 20.3 Å². The number of H-pyrrole nitrogens is 1. The first-order chi connectivity index (χ1) is 15.2. The number of amides is 1. The molecule has 0 bridgehead atoms. The third-order valence-corrected chi connectivity index (χ3v) is 4.60. The van der Waals surface area contributed by atoms with Gasteiger partial charge in [-0.2, -0.15) is 5.10 Å². The predicted molar refractivity (Wildman–Crippen MR) is 117 cm³/mol. The van der Waals surface area contributed by atoms with Crippen molar-refractivity contribution in [2.75, 3.05) is 17.2 Å². The van der Waals surface area contributed by atoms with Gasteiger partial charge in [0, 0.05) is 41.8 Å². The number of aliphatic hydroxyl groups is 1. The summed E-state index contributed by atoms with van der Waals surface area (Å²) in [7, 11) is 0. The zero-order valence-electron chi connectivity index (χ0n) is 17.1. The van der Waals surface area contributed by atoms with Gasteiger partial charge in [0.25, 0.3) is 5.91 Å². The van der Waals surface area contributed by atoms with Crippen molar-refractivity contribution in [3.8, 4) is 17.0 Å². The summed E-state index contributed by atoms with van der Waals surface area (Å²) < 4.78 is 29.7. The van der Waals surface area contributed by atoms with Crippen molar-refractivity contribution in [2.45, 2.75) is 31.4 Å². The second kappa shape index (κ2) is 10.4. The molecule has 0 saturated carbocycles. The third kappa shape index (κ3) is 6.63. The Bertz CT molecular complexity index is 1030. The molecule has 0 aliphatic carbocycles. The fraction of sp³-hybridized carbons (Fsp3) is 0.286. The summed E-state index contributed by atoms with van der Waals surface area (Å²) in [5.41, 5.74) is -1.87. The van der Waals surface area contributed by atoms with Crippen molar-refractivity contribution in [1.29, 1.82) is 0 Å². The molecule has 0 saturated heterocycles. The number of aromatic nitrogens is 3. The first-order valence-corrected chi connectivity index (χ1v) is 10.2. The first kappa shape index (κ1) is 23.4. The van der Waals surface area contributed by atoms with Crippen LogP contribution in [0.1, 0.15) is 30.1 Å². The van der Waals surface area contributed by atoms with Crippen LogP contribution in [0.25, 0.3) is 11.3 Å². The number of rotatable bonds is 10. The van der Waals surface area contributed by atoms with Gasteiger partial charge >= 0.3 is 5.57 Å². The van der Waals surface area contributed by atoms with Crippen LogP contribution >= 0.6 is 11.6 Å². The number of hydrogen-bond acceptors (Lipinski definition) is 6. The molecular formula is C21H22ClF2N5O3. The van der Waals surface area contributed by atoms with Gasteiger partial charge in [-0.05, 0) is 49.2 Å². The highest BCUT2D eigenvalue weighted by Crippen LogP contribution is 2.27. The zero-order chi connectivity index (χ0) is 23.1. The second-order valence-corrected chi connectivity index (χ2v) is 7.33. The van der Waals surface area contributed by atoms with Gasteiger partial charge in [-0.3, -0.25) is 9.89 Å². The molecule has 1 amide bonds. The molecule has 4 N–H and O–H groups in total. The van der Waals surface area contributed by atoms with E-state index in [2.05, 4.69) is 30.6 Å². The van der Waals surface area contributed by atoms with Gasteiger partial charge in [0.2, 0.25) is 0 Å². The van der Waals surface area contributed by atoms with Crippen molar-refractivity contribution in [1.82, 2.24) is 15.2 Å². The van der Waals surface area contributed by atoms with E-state index in [-0.39, 0.29) is 11.3 Å². The van der Waals surface area contributed by atoms with E-state index in [4.69, 9.17) is 11.6 Å². The number of aromatic amines is 1. The summed E-state index contributed by atoms with van der Waals surface area (Å²) in [6, 6.07) is 8.74. The van der Waals surface area contributed by atoms with Gasteiger partial charge in [0.1, 0.15) is 11.6 Å². The number of pyridine rings is 1. The highest BCUT2D eigenvalue weighted by Gasteiger charge is 2.27. The van der Waals surface area contributed by atoms with Crippen molar-refractivity contribution in [2.24, 2.45) is 0 Å². The molecule has 3 rings (SSSR count). The topological polar surface area (TPSA) is 112 Å². The summed E-state index contributed by atoms with van der Waals surface area (Å²) >= 11 is 4.74. The van der Waals surface area contributed by atoms with Crippen molar-refractivity contribution in [3.63, 3.8) is 0 Å². The maximum absolute atomic E-state index is 12.7. The molecule has 1 atom stereocenters. The number of alkyl halides is 3. The molecule has 11 heteroatoms. The minimum absolute atomic E-state index is 0.144. The average molecular weight is 466 g/mol. The number of nitrogens with one attached hydrogen (secondary N) is 3. The Morgan fingerprint density at radius 2 is 2.06 bits per heavy atom. The summed E-state index contributed by atoms with van der Waals surface area (Å²) in [5, 5.41) is 22.4. The molecule has 2 aromatic heterocycles. The average Bonchev–Trinajstić information content (AvgIpc) is 3.29. The lowest BCUT2D eigenvalue weighted by Crippen LogP contribution is -2.16. The molecule has 32 heavy (non-hydrogen) atoms. The Morgan fingerprint density at radius 1 is 1.31 bits per heavy atom. The first-order valence-electron chi connectivity index (χ1n) is 9.84. The number of carbonyl (C=O) groups is 1. The van der Waals surface area contributed by atoms with E-state index in [1.165, 1.54) is 30.5 Å². The van der Waals surface area contributed by atoms with Gasteiger partial charge in [-0.25, -0.2) is 4.98 Å². The molecule has 1 aromatic carbocycles. The van der Waals surface area contributed by atoms with Crippen LogP contribution in [0.3, 0.4) is 0 Å². The molecule has 0 aliphatic rings. The van der Waals surface area contributed by atoms with Crippen LogP contribution in [-0.2, 0) is 0 Å². The Balaban J connectivity index is 1.74. The summed E-state index contributed by atoms with van der Waals surface area (Å²) in [6.45, 7) is 2.41. The van der Waals surface area contributed by atoms with Gasteiger partial charge in [-0.15, -0.1) is 8.78 Å². The quantitative estimate of drug-likeness (QED) is 0.329. The van der Waals surface area contributed by atoms with Crippen LogP contribution in [0.5, 0.6) is 5.75 Å². The monoisotopic (exact) mass is 465 g/mol. The van der Waals surface area contributed by atoms with E-state index in [1.807, 2.05) is 6.92 Å². The fourth-order valence-electron chi connectivity index (χ4n) is 2.85. The lowest BCUT2D eigenvalue weighted by molar-refractivity contribution is -0.0964. The number of carbonyl (C=O) groups excluding carboxylic acids is 1. The normalized spacial score (nSPS) is 12.3. The standard InChI is InChI=1S/C21H22ClF2N5O3/c1-2-15(30)7-9-25-19-17(18-8-10-27-29-18)11-13(12-26-19)20(31)28-14-3-5-16(6-4-14)32-21(22,23)24/h3-6,8,10-12,15,30H,2,7,9H2,1H3,(H,25,26)(H,27,29)(H,28,31)/t15-/m0/s1. The van der Waals surface area contributed by atoms with E-state index in [0.717, 1.165) is 0 Å². The molecule has 2 heterocycles. The van der Waals surface area contributed by atoms with Crippen molar-refractivity contribution < 1.29 is 23.4 Å². The smallest absolute Gasteiger partial charge is 0.420 e. The maximum atomic E-state index is 12.7. The number of ether oxygens (including phenoxy) is 1. The maximum Gasteiger partial charge on any atom is 0.487 e. The SMILES string of the molecule is CC[C@H](O)CCNc1ncc(C(=O)Nc2ccc(OC(F)(F)Cl)cc2)cc1-c1ccn[nH]1. The minimum Gasteiger partial charge on any atom is -0.420 e. The number of hydrogen-bond donors (Lipinski definition) is 4. The molecule has 0 unspecified atom stereocenters. The molecule has 170 valence electrons. The number of anilines is 2. The van der Waals surface area contributed by atoms with Gasteiger partial charge in [-0.1, -0.05) is 6.92 Å². The largest absolute Gasteiger partial charge is 0.487 e. The van der Waals surface area contributed by atoms with E-state index >= 15 is 0 Å². The number of nitrogens with zero attached hydrogens (tertiary/aromatic N) is 2. The predicted octanol–water partition coefficient (Wildman–Crippen LogP) is 4.46. The second-order valence-electron chi connectivity index (χ2n) is 6.89. The lowest BCUT2D eigenvalue weighted by atomic mass is 10.1. The minimum atomic E-state index is -3.82. The van der Waals surface area contributed by atoms with E-state index in [0.29, 0.717) is 42.1 Å². The van der Waals surface area contributed by atoms with Crippen molar-refractivity contribution >= 4 is 29.0 Å². The van der Waals surface area contributed by atoms with Gasteiger partial charge < -0.3 is 20.5 Å². The fourth-order valence-corrected chi connectivity index (χ4v) is 2.93. The Morgan fingerprint density at radius 3 is 2.69 bits per heavy atom. The van der Waals surface area contributed by atoms with Crippen LogP contribution in [0, 0.1) is 0 Å². The van der Waals surface area contributed by atoms with Crippen LogP contribution < -0.4 is 15.4 Å². The molecule has 0 radical (unpaired) electrons. The Hall–Kier alpha value is -3.24. The highest BCUT2D eigenvalue weighted by atomic mass is 35.5. The van der Waals surface area contributed by atoms with E-state index in [9.17, 15) is 18.7 Å². The van der Waals surface area contributed by atoms with E-state index < -0.39 is 17.6 Å². The summed E-state index contributed by atoms with van der Waals surface area (Å²) in [6.07, 6.45) is 3.80. The molecule has 0 spiro atoms. The molecule has 0 aliphatic heterocycles. The summed E-state index contributed by atoms with van der Waals surface area (Å²) in [4.78, 5) is 17.1. The Kier molecular flexibility index (Phi) is 7.60. The molecule has 3 aromatic rings. The molecule has 0 fully saturated rings. The zero-order valence-corrected chi connectivity index (χ0v) is 17.9. The van der Waals surface area contributed by atoms with Crippen LogP contribution in [0.2, 0.25) is 0 Å². The highest BCUT2D eigenvalue weighted by molar-refractivity contribution is 6.20. The Labute approximate surface area is 188 Å². The molecule has 8 nitrogen and oxygen atoms in total. The van der Waals surface area contributed by atoms with Gasteiger partial charge in [0.15, 0.2) is 0 Å². The number of aliphatic hydroxyl groups excluding tert-OH is 1. The van der Waals surface area contributed by atoms with Gasteiger partial charge in [0.05, 0.1) is 17.4 Å².